The molecule has 3 aliphatic rings. The smallest absolute Gasteiger partial charge is 0.0585 e. The second kappa shape index (κ2) is 5.96. The summed E-state index contributed by atoms with van der Waals surface area (Å²) in [5.41, 5.74) is 0.724. The molecular weight excluding hydrogens is 246 g/mol. The summed E-state index contributed by atoms with van der Waals surface area (Å²) >= 11 is 0. The van der Waals surface area contributed by atoms with Gasteiger partial charge >= 0.3 is 0 Å². The number of hydrogen-bond donors (Lipinski definition) is 1. The lowest BCUT2D eigenvalue weighted by Gasteiger charge is -2.44. The number of hydrogen-bond acceptors (Lipinski definition) is 2. The molecule has 4 unspecified atom stereocenters. The van der Waals surface area contributed by atoms with Crippen molar-refractivity contribution < 1.29 is 5.11 Å². The van der Waals surface area contributed by atoms with Gasteiger partial charge in [-0.3, -0.25) is 0 Å². The summed E-state index contributed by atoms with van der Waals surface area (Å²) in [5, 5.41) is 10.4. The molecule has 1 spiro atoms. The molecule has 3 rings (SSSR count). The molecule has 0 radical (unpaired) electrons. The molecule has 2 saturated carbocycles. The van der Waals surface area contributed by atoms with Crippen LogP contribution in [0.4, 0.5) is 0 Å². The Labute approximate surface area is 124 Å². The lowest BCUT2D eigenvalue weighted by Crippen LogP contribution is -2.46. The average Bonchev–Trinajstić information content (AvgIpc) is 2.85. The molecule has 2 nitrogen and oxygen atoms in total. The highest BCUT2D eigenvalue weighted by Gasteiger charge is 2.39. The molecule has 1 aliphatic heterocycles. The van der Waals surface area contributed by atoms with Gasteiger partial charge in [-0.15, -0.1) is 0 Å². The van der Waals surface area contributed by atoms with E-state index in [9.17, 15) is 5.11 Å². The minimum Gasteiger partial charge on any atom is -0.393 e. The van der Waals surface area contributed by atoms with Crippen molar-refractivity contribution in [2.45, 2.75) is 71.3 Å². The van der Waals surface area contributed by atoms with E-state index in [4.69, 9.17) is 0 Å². The van der Waals surface area contributed by atoms with Crippen LogP contribution in [0.15, 0.2) is 0 Å². The SMILES string of the molecule is CC1CC(C)C(CN2CCC3(CCCC3)CC2)C(O)C1. The Bertz CT molecular complexity index is 301. The van der Waals surface area contributed by atoms with Gasteiger partial charge in [-0.05, 0) is 68.9 Å². The van der Waals surface area contributed by atoms with E-state index >= 15 is 0 Å². The third-order valence-corrected chi connectivity index (χ3v) is 6.69. The Morgan fingerprint density at radius 2 is 1.65 bits per heavy atom. The normalized spacial score (nSPS) is 42.1. The summed E-state index contributed by atoms with van der Waals surface area (Å²) in [7, 11) is 0. The van der Waals surface area contributed by atoms with Crippen LogP contribution in [0, 0.1) is 23.2 Å². The van der Waals surface area contributed by atoms with Gasteiger partial charge < -0.3 is 10.0 Å². The van der Waals surface area contributed by atoms with E-state index in [0.29, 0.717) is 17.8 Å². The fraction of sp³-hybridized carbons (Fsp3) is 1.00. The van der Waals surface area contributed by atoms with Gasteiger partial charge in [-0.25, -0.2) is 0 Å². The number of piperidine rings is 1. The van der Waals surface area contributed by atoms with Crippen LogP contribution in [-0.2, 0) is 0 Å². The highest BCUT2D eigenvalue weighted by molar-refractivity contribution is 4.91. The molecule has 3 fully saturated rings. The number of likely N-dealkylation sites (tertiary alicyclic amines) is 1. The molecule has 4 atom stereocenters. The van der Waals surface area contributed by atoms with Crippen LogP contribution < -0.4 is 0 Å². The summed E-state index contributed by atoms with van der Waals surface area (Å²) in [6, 6.07) is 0. The van der Waals surface area contributed by atoms with Crippen LogP contribution in [-0.4, -0.2) is 35.7 Å². The lowest BCUT2D eigenvalue weighted by molar-refractivity contribution is -0.0126. The first-order valence-corrected chi connectivity index (χ1v) is 8.98. The quantitative estimate of drug-likeness (QED) is 0.833. The van der Waals surface area contributed by atoms with E-state index in [1.54, 1.807) is 0 Å². The van der Waals surface area contributed by atoms with E-state index in [-0.39, 0.29) is 6.10 Å². The molecule has 1 saturated heterocycles. The summed E-state index contributed by atoms with van der Waals surface area (Å²) in [6.45, 7) is 8.36. The highest BCUT2D eigenvalue weighted by Crippen LogP contribution is 2.46. The highest BCUT2D eigenvalue weighted by atomic mass is 16.3. The Morgan fingerprint density at radius 1 is 1.00 bits per heavy atom. The Balaban J connectivity index is 1.51. The molecule has 0 aromatic rings. The van der Waals surface area contributed by atoms with Crippen molar-refractivity contribution >= 4 is 0 Å². The standard InChI is InChI=1S/C18H33NO/c1-14-11-15(2)16(17(20)12-14)13-19-9-7-18(8-10-19)5-3-4-6-18/h14-17,20H,3-13H2,1-2H3. The van der Waals surface area contributed by atoms with E-state index in [1.165, 1.54) is 58.0 Å². The third kappa shape index (κ3) is 3.06. The van der Waals surface area contributed by atoms with Crippen molar-refractivity contribution in [1.82, 2.24) is 4.90 Å². The second-order valence-electron chi connectivity index (χ2n) is 8.29. The van der Waals surface area contributed by atoms with E-state index in [0.717, 1.165) is 18.4 Å². The zero-order valence-corrected chi connectivity index (χ0v) is 13.5. The van der Waals surface area contributed by atoms with Crippen LogP contribution in [0.5, 0.6) is 0 Å². The number of aliphatic hydroxyl groups excluding tert-OH is 1. The Hall–Kier alpha value is -0.0800. The molecular formula is C18H33NO. The van der Waals surface area contributed by atoms with Crippen molar-refractivity contribution in [1.29, 1.82) is 0 Å². The van der Waals surface area contributed by atoms with Gasteiger partial charge in [-0.2, -0.15) is 0 Å². The predicted octanol–water partition coefficient (Wildman–Crippen LogP) is 3.69. The molecule has 116 valence electrons. The van der Waals surface area contributed by atoms with Gasteiger partial charge in [0.15, 0.2) is 0 Å². The van der Waals surface area contributed by atoms with Crippen LogP contribution in [0.2, 0.25) is 0 Å². The van der Waals surface area contributed by atoms with Crippen molar-refractivity contribution in [2.75, 3.05) is 19.6 Å². The summed E-state index contributed by atoms with van der Waals surface area (Å²) in [4.78, 5) is 2.66. The van der Waals surface area contributed by atoms with Crippen LogP contribution in [0.1, 0.15) is 65.2 Å². The van der Waals surface area contributed by atoms with Crippen LogP contribution >= 0.6 is 0 Å². The maximum absolute atomic E-state index is 10.4. The Kier molecular flexibility index (Phi) is 4.42. The maximum Gasteiger partial charge on any atom is 0.0585 e. The van der Waals surface area contributed by atoms with Gasteiger partial charge in [0.2, 0.25) is 0 Å². The largest absolute Gasteiger partial charge is 0.393 e. The second-order valence-corrected chi connectivity index (χ2v) is 8.29. The van der Waals surface area contributed by atoms with Crippen LogP contribution in [0.25, 0.3) is 0 Å². The van der Waals surface area contributed by atoms with Gasteiger partial charge in [0.05, 0.1) is 6.10 Å². The average molecular weight is 279 g/mol. The minimum absolute atomic E-state index is 0.0592. The molecule has 2 aliphatic carbocycles. The first-order valence-electron chi connectivity index (χ1n) is 8.98. The van der Waals surface area contributed by atoms with Gasteiger partial charge in [-0.1, -0.05) is 26.7 Å². The molecule has 0 aromatic carbocycles. The summed E-state index contributed by atoms with van der Waals surface area (Å²) in [6.07, 6.45) is 11.0. The number of aliphatic hydroxyl groups is 1. The third-order valence-electron chi connectivity index (χ3n) is 6.69. The van der Waals surface area contributed by atoms with Crippen molar-refractivity contribution in [3.63, 3.8) is 0 Å². The summed E-state index contributed by atoms with van der Waals surface area (Å²) in [5.74, 6) is 1.92. The van der Waals surface area contributed by atoms with Crippen LogP contribution in [0.3, 0.4) is 0 Å². The zero-order valence-electron chi connectivity index (χ0n) is 13.5. The molecule has 1 heterocycles. The molecule has 1 N–H and O–H groups in total. The topological polar surface area (TPSA) is 23.5 Å². The van der Waals surface area contributed by atoms with Crippen molar-refractivity contribution in [3.05, 3.63) is 0 Å². The Morgan fingerprint density at radius 3 is 2.25 bits per heavy atom. The van der Waals surface area contributed by atoms with E-state index in [2.05, 4.69) is 18.7 Å². The molecule has 0 amide bonds. The minimum atomic E-state index is -0.0592. The van der Waals surface area contributed by atoms with Gasteiger partial charge in [0.1, 0.15) is 0 Å². The van der Waals surface area contributed by atoms with Crippen molar-refractivity contribution in [2.24, 2.45) is 23.2 Å². The monoisotopic (exact) mass is 279 g/mol. The first-order chi connectivity index (χ1) is 9.58. The van der Waals surface area contributed by atoms with Gasteiger partial charge in [0.25, 0.3) is 0 Å². The number of nitrogens with zero attached hydrogens (tertiary/aromatic N) is 1. The van der Waals surface area contributed by atoms with E-state index < -0.39 is 0 Å². The number of rotatable bonds is 2. The zero-order chi connectivity index (χ0) is 14.2. The molecule has 0 bridgehead atoms. The lowest BCUT2D eigenvalue weighted by atomic mass is 9.72. The fourth-order valence-electron chi connectivity index (χ4n) is 5.31. The molecule has 0 aromatic heterocycles. The maximum atomic E-state index is 10.4. The molecule has 2 heteroatoms. The fourth-order valence-corrected chi connectivity index (χ4v) is 5.31. The van der Waals surface area contributed by atoms with E-state index in [1.807, 2.05) is 0 Å². The molecule has 20 heavy (non-hydrogen) atoms. The van der Waals surface area contributed by atoms with Gasteiger partial charge in [0, 0.05) is 12.5 Å². The van der Waals surface area contributed by atoms with Crippen molar-refractivity contribution in [3.8, 4) is 0 Å². The first kappa shape index (κ1) is 14.8. The predicted molar refractivity (Wildman–Crippen MR) is 83.6 cm³/mol. The summed E-state index contributed by atoms with van der Waals surface area (Å²) < 4.78 is 0.